The predicted molar refractivity (Wildman–Crippen MR) is 139 cm³/mol. The van der Waals surface area contributed by atoms with Crippen LogP contribution in [0, 0.1) is 0 Å². The summed E-state index contributed by atoms with van der Waals surface area (Å²) in [7, 11) is 3.01. The number of phenolic OH excluding ortho intramolecular Hbond substituents is 1. The van der Waals surface area contributed by atoms with Gasteiger partial charge in [0.25, 0.3) is 5.91 Å². The number of ether oxygens (including phenoxy) is 2. The second-order valence-corrected chi connectivity index (χ2v) is 8.46. The molecule has 0 aliphatic heterocycles. The number of rotatable bonds is 11. The topological polar surface area (TPSA) is 101 Å². The van der Waals surface area contributed by atoms with Gasteiger partial charge in [-0.05, 0) is 48.4 Å². The van der Waals surface area contributed by atoms with E-state index in [-0.39, 0.29) is 22.4 Å². The SMILES string of the molecule is CCCCCNC(=O)C(c1ccc(O)cc1)N(C(=O)c1ccc(Cl)nc1)c1ccc(OC)c(OC)c1. The van der Waals surface area contributed by atoms with Gasteiger partial charge >= 0.3 is 0 Å². The quantitative estimate of drug-likeness (QED) is 0.272. The highest BCUT2D eigenvalue weighted by molar-refractivity contribution is 6.29. The van der Waals surface area contributed by atoms with Gasteiger partial charge in [0.1, 0.15) is 16.9 Å². The summed E-state index contributed by atoms with van der Waals surface area (Å²) in [5.41, 5.74) is 1.18. The molecule has 3 aromatic rings. The minimum Gasteiger partial charge on any atom is -0.508 e. The summed E-state index contributed by atoms with van der Waals surface area (Å²) in [5, 5.41) is 13.0. The molecule has 2 aromatic carbocycles. The first-order valence-electron chi connectivity index (χ1n) is 11.6. The molecule has 0 bridgehead atoms. The number of phenols is 1. The zero-order valence-corrected chi connectivity index (χ0v) is 21.3. The number of amides is 2. The zero-order valence-electron chi connectivity index (χ0n) is 20.5. The molecule has 0 aliphatic carbocycles. The van der Waals surface area contributed by atoms with Crippen molar-refractivity contribution in [2.75, 3.05) is 25.7 Å². The Morgan fingerprint density at radius 1 is 1.03 bits per heavy atom. The van der Waals surface area contributed by atoms with E-state index < -0.39 is 11.9 Å². The number of hydrogen-bond donors (Lipinski definition) is 2. The fourth-order valence-corrected chi connectivity index (χ4v) is 3.87. The highest BCUT2D eigenvalue weighted by Gasteiger charge is 2.34. The van der Waals surface area contributed by atoms with Gasteiger partial charge in [-0.3, -0.25) is 14.5 Å². The minimum atomic E-state index is -1.05. The number of pyridine rings is 1. The molecule has 0 saturated heterocycles. The van der Waals surface area contributed by atoms with Crippen LogP contribution < -0.4 is 19.7 Å². The van der Waals surface area contributed by atoms with Gasteiger partial charge in [-0.2, -0.15) is 0 Å². The van der Waals surface area contributed by atoms with Gasteiger partial charge in [-0.1, -0.05) is 43.5 Å². The number of benzene rings is 2. The fourth-order valence-electron chi connectivity index (χ4n) is 3.76. The monoisotopic (exact) mass is 511 g/mol. The maximum absolute atomic E-state index is 13.9. The van der Waals surface area contributed by atoms with E-state index in [0.717, 1.165) is 19.3 Å². The summed E-state index contributed by atoms with van der Waals surface area (Å²) >= 11 is 5.94. The summed E-state index contributed by atoms with van der Waals surface area (Å²) in [6.45, 7) is 2.55. The Labute approximate surface area is 215 Å². The van der Waals surface area contributed by atoms with E-state index in [1.54, 1.807) is 36.4 Å². The average molecular weight is 512 g/mol. The Morgan fingerprint density at radius 3 is 2.36 bits per heavy atom. The second kappa shape index (κ2) is 12.8. The molecule has 8 nitrogen and oxygen atoms in total. The molecule has 1 heterocycles. The Hall–Kier alpha value is -3.78. The first-order valence-corrected chi connectivity index (χ1v) is 12.0. The number of halogens is 1. The molecule has 0 saturated carbocycles. The molecule has 1 aromatic heterocycles. The molecule has 1 atom stereocenters. The van der Waals surface area contributed by atoms with Crippen LogP contribution in [-0.4, -0.2) is 42.7 Å². The van der Waals surface area contributed by atoms with Crippen LogP contribution in [0.2, 0.25) is 5.15 Å². The smallest absolute Gasteiger partial charge is 0.260 e. The van der Waals surface area contributed by atoms with Gasteiger partial charge in [0.15, 0.2) is 11.5 Å². The Bertz CT molecular complexity index is 1170. The lowest BCUT2D eigenvalue weighted by Gasteiger charge is -2.32. The van der Waals surface area contributed by atoms with Crippen LogP contribution in [0.15, 0.2) is 60.8 Å². The number of methoxy groups -OCH3 is 2. The minimum absolute atomic E-state index is 0.0479. The van der Waals surface area contributed by atoms with Crippen molar-refractivity contribution in [2.45, 2.75) is 32.2 Å². The van der Waals surface area contributed by atoms with Gasteiger partial charge < -0.3 is 19.9 Å². The van der Waals surface area contributed by atoms with Crippen molar-refractivity contribution in [2.24, 2.45) is 0 Å². The third-order valence-electron chi connectivity index (χ3n) is 5.63. The lowest BCUT2D eigenvalue weighted by molar-refractivity contribution is -0.122. The van der Waals surface area contributed by atoms with Crippen LogP contribution >= 0.6 is 11.6 Å². The number of nitrogens with zero attached hydrogens (tertiary/aromatic N) is 2. The Balaban J connectivity index is 2.15. The number of aromatic hydroxyl groups is 1. The fraction of sp³-hybridized carbons (Fsp3) is 0.296. The number of carbonyl (C=O) groups excluding carboxylic acids is 2. The van der Waals surface area contributed by atoms with E-state index in [1.165, 1.54) is 43.5 Å². The van der Waals surface area contributed by atoms with Crippen LogP contribution in [0.5, 0.6) is 17.2 Å². The Morgan fingerprint density at radius 2 is 1.75 bits per heavy atom. The molecule has 0 radical (unpaired) electrons. The highest BCUT2D eigenvalue weighted by Crippen LogP contribution is 2.36. The van der Waals surface area contributed by atoms with Gasteiger partial charge in [0.05, 0.1) is 19.8 Å². The van der Waals surface area contributed by atoms with E-state index in [4.69, 9.17) is 21.1 Å². The van der Waals surface area contributed by atoms with Crippen LogP contribution in [0.3, 0.4) is 0 Å². The van der Waals surface area contributed by atoms with Crippen molar-refractivity contribution in [3.63, 3.8) is 0 Å². The molecule has 3 rings (SSSR count). The van der Waals surface area contributed by atoms with Crippen molar-refractivity contribution in [1.29, 1.82) is 0 Å². The molecule has 0 spiro atoms. The second-order valence-electron chi connectivity index (χ2n) is 8.08. The third-order valence-corrected chi connectivity index (χ3v) is 5.86. The van der Waals surface area contributed by atoms with E-state index >= 15 is 0 Å². The highest BCUT2D eigenvalue weighted by atomic mass is 35.5. The number of hydrogen-bond acceptors (Lipinski definition) is 6. The van der Waals surface area contributed by atoms with E-state index in [0.29, 0.717) is 29.3 Å². The molecule has 36 heavy (non-hydrogen) atoms. The van der Waals surface area contributed by atoms with Gasteiger partial charge in [0.2, 0.25) is 5.91 Å². The molecule has 0 aliphatic rings. The first-order chi connectivity index (χ1) is 17.4. The molecular formula is C27H30ClN3O5. The zero-order chi connectivity index (χ0) is 26.1. The van der Waals surface area contributed by atoms with Crippen molar-refractivity contribution in [3.8, 4) is 17.2 Å². The van der Waals surface area contributed by atoms with Gasteiger partial charge in [0, 0.05) is 24.5 Å². The molecule has 1 unspecified atom stereocenters. The number of unbranched alkanes of at least 4 members (excludes halogenated alkanes) is 2. The maximum atomic E-state index is 13.9. The van der Waals surface area contributed by atoms with E-state index in [9.17, 15) is 14.7 Å². The summed E-state index contributed by atoms with van der Waals surface area (Å²) in [6.07, 6.45) is 4.16. The lowest BCUT2D eigenvalue weighted by Crippen LogP contribution is -2.44. The third kappa shape index (κ3) is 6.46. The van der Waals surface area contributed by atoms with Crippen molar-refractivity contribution in [3.05, 3.63) is 77.1 Å². The molecule has 190 valence electrons. The summed E-state index contributed by atoms with van der Waals surface area (Å²) in [5.74, 6) is 0.101. The first kappa shape index (κ1) is 26.8. The number of anilines is 1. The predicted octanol–water partition coefficient (Wildman–Crippen LogP) is 5.15. The average Bonchev–Trinajstić information content (AvgIpc) is 2.90. The maximum Gasteiger partial charge on any atom is 0.260 e. The Kier molecular flexibility index (Phi) is 9.53. The molecule has 0 fully saturated rings. The van der Waals surface area contributed by atoms with E-state index in [2.05, 4.69) is 17.2 Å². The van der Waals surface area contributed by atoms with Crippen LogP contribution in [0.1, 0.15) is 48.1 Å². The molecule has 9 heteroatoms. The van der Waals surface area contributed by atoms with Gasteiger partial charge in [-0.25, -0.2) is 4.98 Å². The van der Waals surface area contributed by atoms with Crippen LogP contribution in [0.4, 0.5) is 5.69 Å². The van der Waals surface area contributed by atoms with Crippen LogP contribution in [0.25, 0.3) is 0 Å². The summed E-state index contributed by atoms with van der Waals surface area (Å²) < 4.78 is 10.8. The largest absolute Gasteiger partial charge is 0.508 e. The van der Waals surface area contributed by atoms with Crippen LogP contribution in [-0.2, 0) is 4.79 Å². The van der Waals surface area contributed by atoms with Gasteiger partial charge in [-0.15, -0.1) is 0 Å². The van der Waals surface area contributed by atoms with Crippen molar-refractivity contribution < 1.29 is 24.2 Å². The number of carbonyl (C=O) groups is 2. The van der Waals surface area contributed by atoms with Crippen molar-refractivity contribution >= 4 is 29.1 Å². The standard InChI is InChI=1S/C27H30ClN3O5/c1-4-5-6-15-29-26(33)25(18-7-11-21(32)12-8-18)31(27(34)19-9-14-24(28)30-17-19)20-10-13-22(35-2)23(16-20)36-3/h7-14,16-17,25,32H,4-6,15H2,1-3H3,(H,29,33). The normalized spacial score (nSPS) is 11.4. The molecular weight excluding hydrogens is 482 g/mol. The van der Waals surface area contributed by atoms with Crippen molar-refractivity contribution in [1.82, 2.24) is 10.3 Å². The van der Waals surface area contributed by atoms with E-state index in [1.807, 2.05) is 0 Å². The summed E-state index contributed by atoms with van der Waals surface area (Å²) in [6, 6.07) is 13.2. The number of nitrogens with one attached hydrogen (secondary N) is 1. The molecule has 2 N–H and O–H groups in total. The molecule has 2 amide bonds. The summed E-state index contributed by atoms with van der Waals surface area (Å²) in [4.78, 5) is 32.9. The lowest BCUT2D eigenvalue weighted by atomic mass is 10.0. The number of aromatic nitrogens is 1.